The molecular formula is C17H22FN3. The van der Waals surface area contributed by atoms with Crippen molar-refractivity contribution in [3.63, 3.8) is 0 Å². The largest absolute Gasteiger partial charge is 0.368 e. The molecule has 1 heterocycles. The molecule has 2 rings (SSSR count). The number of anilines is 1. The van der Waals surface area contributed by atoms with Gasteiger partial charge in [0.1, 0.15) is 11.6 Å². The summed E-state index contributed by atoms with van der Waals surface area (Å²) in [6.45, 7) is 7.03. The maximum atomic E-state index is 12.9. The van der Waals surface area contributed by atoms with Crippen LogP contribution in [0, 0.1) is 5.82 Å². The van der Waals surface area contributed by atoms with Gasteiger partial charge in [-0.05, 0) is 30.8 Å². The smallest absolute Gasteiger partial charge is 0.141 e. The van der Waals surface area contributed by atoms with E-state index in [0.717, 1.165) is 19.6 Å². The standard InChI is InChI=1S/C17H22FN3/c1-3-21(4-2)16(14-8-6-5-7-9-14)13-20-17-11-10-15(18)12-19-17/h5-12,16H,3-4,13H2,1-2H3,(H,19,20). The van der Waals surface area contributed by atoms with Crippen molar-refractivity contribution in [2.45, 2.75) is 19.9 Å². The number of halogens is 1. The molecule has 112 valence electrons. The van der Waals surface area contributed by atoms with Crippen molar-refractivity contribution < 1.29 is 4.39 Å². The molecule has 3 nitrogen and oxygen atoms in total. The van der Waals surface area contributed by atoms with Crippen molar-refractivity contribution in [2.24, 2.45) is 0 Å². The molecule has 0 aliphatic rings. The molecule has 0 fully saturated rings. The van der Waals surface area contributed by atoms with Gasteiger partial charge in [-0.25, -0.2) is 9.37 Å². The first-order chi connectivity index (χ1) is 10.2. The summed E-state index contributed by atoms with van der Waals surface area (Å²) >= 11 is 0. The minimum absolute atomic E-state index is 0.271. The number of hydrogen-bond donors (Lipinski definition) is 1. The van der Waals surface area contributed by atoms with E-state index >= 15 is 0 Å². The van der Waals surface area contributed by atoms with Crippen molar-refractivity contribution in [3.8, 4) is 0 Å². The molecular weight excluding hydrogens is 265 g/mol. The van der Waals surface area contributed by atoms with Gasteiger partial charge in [0.05, 0.1) is 12.2 Å². The van der Waals surface area contributed by atoms with Gasteiger partial charge in [0, 0.05) is 6.54 Å². The number of nitrogens with one attached hydrogen (secondary N) is 1. The van der Waals surface area contributed by atoms with Crippen LogP contribution in [0.15, 0.2) is 48.7 Å². The van der Waals surface area contributed by atoms with Gasteiger partial charge in [-0.2, -0.15) is 0 Å². The number of hydrogen-bond acceptors (Lipinski definition) is 3. The second-order valence-corrected chi connectivity index (χ2v) is 4.89. The molecule has 1 aromatic carbocycles. The van der Waals surface area contributed by atoms with E-state index in [9.17, 15) is 4.39 Å². The fourth-order valence-corrected chi connectivity index (χ4v) is 2.48. The van der Waals surface area contributed by atoms with Gasteiger partial charge in [0.2, 0.25) is 0 Å². The lowest BCUT2D eigenvalue weighted by Crippen LogP contribution is -2.33. The molecule has 1 aromatic heterocycles. The van der Waals surface area contributed by atoms with E-state index in [-0.39, 0.29) is 11.9 Å². The molecule has 4 heteroatoms. The molecule has 0 radical (unpaired) electrons. The number of aromatic nitrogens is 1. The second kappa shape index (κ2) is 7.74. The van der Waals surface area contributed by atoms with Crippen molar-refractivity contribution >= 4 is 5.82 Å². The minimum Gasteiger partial charge on any atom is -0.368 e. The molecule has 0 aliphatic heterocycles. The van der Waals surface area contributed by atoms with Crippen molar-refractivity contribution in [2.75, 3.05) is 25.0 Å². The van der Waals surface area contributed by atoms with Gasteiger partial charge >= 0.3 is 0 Å². The van der Waals surface area contributed by atoms with E-state index in [4.69, 9.17) is 0 Å². The fraction of sp³-hybridized carbons (Fsp3) is 0.353. The number of likely N-dealkylation sites (N-methyl/N-ethyl adjacent to an activating group) is 1. The van der Waals surface area contributed by atoms with E-state index in [2.05, 4.69) is 53.3 Å². The van der Waals surface area contributed by atoms with E-state index in [0.29, 0.717) is 5.82 Å². The summed E-state index contributed by atoms with van der Waals surface area (Å²) in [5.41, 5.74) is 1.27. The third-order valence-corrected chi connectivity index (χ3v) is 3.64. The Balaban J connectivity index is 2.10. The van der Waals surface area contributed by atoms with E-state index in [1.807, 2.05) is 6.07 Å². The van der Waals surface area contributed by atoms with Crippen LogP contribution in [0.5, 0.6) is 0 Å². The molecule has 21 heavy (non-hydrogen) atoms. The Hall–Kier alpha value is -1.94. The van der Waals surface area contributed by atoms with Crippen LogP contribution in [0.3, 0.4) is 0 Å². The first-order valence-corrected chi connectivity index (χ1v) is 7.39. The van der Waals surface area contributed by atoms with Crippen LogP contribution in [0.2, 0.25) is 0 Å². The zero-order chi connectivity index (χ0) is 15.1. The Bertz CT molecular complexity index is 523. The zero-order valence-corrected chi connectivity index (χ0v) is 12.6. The predicted octanol–water partition coefficient (Wildman–Crippen LogP) is 3.72. The van der Waals surface area contributed by atoms with Gasteiger partial charge in [0.25, 0.3) is 0 Å². The SMILES string of the molecule is CCN(CC)C(CNc1ccc(F)cn1)c1ccccc1. The minimum atomic E-state index is -0.316. The lowest BCUT2D eigenvalue weighted by Gasteiger charge is -2.30. The Morgan fingerprint density at radius 3 is 2.38 bits per heavy atom. The molecule has 0 spiro atoms. The quantitative estimate of drug-likeness (QED) is 0.841. The van der Waals surface area contributed by atoms with Crippen molar-refractivity contribution in [1.82, 2.24) is 9.88 Å². The van der Waals surface area contributed by atoms with E-state index in [1.54, 1.807) is 6.07 Å². The molecule has 1 N–H and O–H groups in total. The van der Waals surface area contributed by atoms with Crippen LogP contribution in [-0.4, -0.2) is 29.5 Å². The Morgan fingerprint density at radius 2 is 1.81 bits per heavy atom. The predicted molar refractivity (Wildman–Crippen MR) is 84.8 cm³/mol. The summed E-state index contributed by atoms with van der Waals surface area (Å²) in [5.74, 6) is 0.383. The average molecular weight is 287 g/mol. The van der Waals surface area contributed by atoms with Gasteiger partial charge in [-0.3, -0.25) is 4.90 Å². The second-order valence-electron chi connectivity index (χ2n) is 4.89. The van der Waals surface area contributed by atoms with Crippen LogP contribution < -0.4 is 5.32 Å². The fourth-order valence-electron chi connectivity index (χ4n) is 2.48. The Kier molecular flexibility index (Phi) is 5.69. The highest BCUT2D eigenvalue weighted by Gasteiger charge is 2.17. The summed E-state index contributed by atoms with van der Waals surface area (Å²) in [6.07, 6.45) is 1.23. The van der Waals surface area contributed by atoms with Crippen LogP contribution in [0.1, 0.15) is 25.5 Å². The highest BCUT2D eigenvalue weighted by Crippen LogP contribution is 2.20. The molecule has 1 atom stereocenters. The third-order valence-electron chi connectivity index (χ3n) is 3.64. The maximum Gasteiger partial charge on any atom is 0.141 e. The normalized spacial score (nSPS) is 12.4. The van der Waals surface area contributed by atoms with Crippen LogP contribution in [0.4, 0.5) is 10.2 Å². The summed E-state index contributed by atoms with van der Waals surface area (Å²) < 4.78 is 12.9. The molecule has 2 aromatic rings. The first-order valence-electron chi connectivity index (χ1n) is 7.39. The number of nitrogens with zero attached hydrogens (tertiary/aromatic N) is 2. The summed E-state index contributed by atoms with van der Waals surface area (Å²) in [5, 5.41) is 3.30. The summed E-state index contributed by atoms with van der Waals surface area (Å²) in [4.78, 5) is 6.44. The average Bonchev–Trinajstić information content (AvgIpc) is 2.54. The third kappa shape index (κ3) is 4.26. The molecule has 0 saturated carbocycles. The van der Waals surface area contributed by atoms with Crippen molar-refractivity contribution in [3.05, 3.63) is 60.0 Å². The number of benzene rings is 1. The van der Waals surface area contributed by atoms with Gasteiger partial charge in [0.15, 0.2) is 0 Å². The Labute approximate surface area is 125 Å². The molecule has 0 bridgehead atoms. The number of rotatable bonds is 7. The first kappa shape index (κ1) is 15.4. The van der Waals surface area contributed by atoms with Crippen LogP contribution in [-0.2, 0) is 0 Å². The van der Waals surface area contributed by atoms with Crippen LogP contribution >= 0.6 is 0 Å². The van der Waals surface area contributed by atoms with E-state index < -0.39 is 0 Å². The van der Waals surface area contributed by atoms with Gasteiger partial charge < -0.3 is 5.32 Å². The molecule has 0 aliphatic carbocycles. The molecule has 0 saturated heterocycles. The molecule has 1 unspecified atom stereocenters. The van der Waals surface area contributed by atoms with Gasteiger partial charge in [-0.1, -0.05) is 44.2 Å². The van der Waals surface area contributed by atoms with Gasteiger partial charge in [-0.15, -0.1) is 0 Å². The zero-order valence-electron chi connectivity index (χ0n) is 12.6. The summed E-state index contributed by atoms with van der Waals surface area (Å²) in [6, 6.07) is 13.8. The van der Waals surface area contributed by atoms with Crippen molar-refractivity contribution in [1.29, 1.82) is 0 Å². The topological polar surface area (TPSA) is 28.2 Å². The monoisotopic (exact) mass is 287 g/mol. The molecule has 0 amide bonds. The number of pyridine rings is 1. The lowest BCUT2D eigenvalue weighted by molar-refractivity contribution is 0.228. The maximum absolute atomic E-state index is 12.9. The Morgan fingerprint density at radius 1 is 1.10 bits per heavy atom. The highest BCUT2D eigenvalue weighted by atomic mass is 19.1. The van der Waals surface area contributed by atoms with Crippen LogP contribution in [0.25, 0.3) is 0 Å². The van der Waals surface area contributed by atoms with E-state index in [1.165, 1.54) is 17.8 Å². The highest BCUT2D eigenvalue weighted by molar-refractivity contribution is 5.34. The lowest BCUT2D eigenvalue weighted by atomic mass is 10.1. The summed E-state index contributed by atoms with van der Waals surface area (Å²) in [7, 11) is 0.